The molecule has 4 rings (SSSR count). The van der Waals surface area contributed by atoms with Gasteiger partial charge in [0.15, 0.2) is 0 Å². The standard InChI is InChI=1S/C29H31ClN4O2S/c1-6-22(7-2)37-33-29(35)28-25(12-9-13-36-21-14-18(3)26(30)19(4)15-21)24-11-8-10-23(27(24)32-28)20-16-31-34(5)17-20/h6-8,10-11,14-17,32H,1,9,12-13H2,2-5H3,(H,33,35)/b22-7+. The van der Waals surface area contributed by atoms with Gasteiger partial charge in [0.25, 0.3) is 5.91 Å². The molecule has 6 nitrogen and oxygen atoms in total. The van der Waals surface area contributed by atoms with Crippen LogP contribution in [0.4, 0.5) is 0 Å². The Kier molecular flexibility index (Phi) is 8.46. The van der Waals surface area contributed by atoms with E-state index >= 15 is 0 Å². The third-order valence-electron chi connectivity index (χ3n) is 6.18. The summed E-state index contributed by atoms with van der Waals surface area (Å²) in [4.78, 5) is 17.6. The van der Waals surface area contributed by atoms with Crippen molar-refractivity contribution in [1.29, 1.82) is 0 Å². The average molecular weight is 535 g/mol. The van der Waals surface area contributed by atoms with Gasteiger partial charge in [0.2, 0.25) is 0 Å². The summed E-state index contributed by atoms with van der Waals surface area (Å²) < 4.78 is 10.8. The minimum absolute atomic E-state index is 0.181. The van der Waals surface area contributed by atoms with Gasteiger partial charge in [0.1, 0.15) is 11.4 Å². The van der Waals surface area contributed by atoms with Crippen molar-refractivity contribution in [2.75, 3.05) is 6.61 Å². The number of amides is 1. The quantitative estimate of drug-likeness (QED) is 0.127. The third-order valence-corrected chi connectivity index (χ3v) is 7.70. The summed E-state index contributed by atoms with van der Waals surface area (Å²) in [5, 5.41) is 6.10. The Morgan fingerprint density at radius 3 is 2.70 bits per heavy atom. The monoisotopic (exact) mass is 534 g/mol. The maximum atomic E-state index is 13.3. The second-order valence-corrected chi connectivity index (χ2v) is 10.1. The van der Waals surface area contributed by atoms with Crippen molar-refractivity contribution in [3.63, 3.8) is 0 Å². The molecule has 0 aliphatic heterocycles. The van der Waals surface area contributed by atoms with Crippen LogP contribution in [-0.2, 0) is 13.5 Å². The third kappa shape index (κ3) is 5.95. The van der Waals surface area contributed by atoms with E-state index in [1.807, 2.05) is 70.6 Å². The first-order valence-corrected chi connectivity index (χ1v) is 13.3. The Labute approximate surface area is 226 Å². The van der Waals surface area contributed by atoms with Crippen molar-refractivity contribution in [2.45, 2.75) is 33.6 Å². The fourth-order valence-corrected chi connectivity index (χ4v) is 4.95. The number of para-hydroxylation sites is 1. The molecule has 2 aromatic heterocycles. The fraction of sp³-hybridized carbons (Fsp3) is 0.241. The van der Waals surface area contributed by atoms with Crippen LogP contribution in [-0.4, -0.2) is 27.3 Å². The number of rotatable bonds is 10. The lowest BCUT2D eigenvalue weighted by atomic mass is 10.0. The molecule has 0 aliphatic carbocycles. The van der Waals surface area contributed by atoms with Gasteiger partial charge in [0, 0.05) is 39.7 Å². The van der Waals surface area contributed by atoms with Gasteiger partial charge >= 0.3 is 0 Å². The van der Waals surface area contributed by atoms with Gasteiger partial charge in [-0.05, 0) is 74.4 Å². The molecule has 0 saturated carbocycles. The molecular formula is C29H31ClN4O2S. The Bertz CT molecular complexity index is 1460. The molecule has 4 aromatic rings. The number of aryl methyl sites for hydroxylation is 4. The summed E-state index contributed by atoms with van der Waals surface area (Å²) in [5.74, 6) is 0.620. The number of ether oxygens (including phenoxy) is 1. The Balaban J connectivity index is 1.61. The molecule has 37 heavy (non-hydrogen) atoms. The van der Waals surface area contributed by atoms with Gasteiger partial charge in [-0.3, -0.25) is 14.2 Å². The van der Waals surface area contributed by atoms with Crippen LogP contribution in [0.15, 0.2) is 66.4 Å². The summed E-state index contributed by atoms with van der Waals surface area (Å²) in [5.41, 5.74) is 6.41. The number of hydrogen-bond donors (Lipinski definition) is 2. The first-order valence-electron chi connectivity index (χ1n) is 12.1. The Morgan fingerprint density at radius 1 is 1.30 bits per heavy atom. The molecule has 0 bridgehead atoms. The highest BCUT2D eigenvalue weighted by atomic mass is 35.5. The molecule has 0 radical (unpaired) electrons. The summed E-state index contributed by atoms with van der Waals surface area (Å²) >= 11 is 7.54. The van der Waals surface area contributed by atoms with E-state index in [0.29, 0.717) is 18.7 Å². The van der Waals surface area contributed by atoms with Gasteiger partial charge in [-0.1, -0.05) is 48.5 Å². The predicted molar refractivity (Wildman–Crippen MR) is 154 cm³/mol. The molecule has 0 unspecified atom stereocenters. The number of fused-ring (bicyclic) bond motifs is 1. The van der Waals surface area contributed by atoms with Crippen molar-refractivity contribution in [3.8, 4) is 16.9 Å². The smallest absolute Gasteiger partial charge is 0.278 e. The number of aromatic amines is 1. The molecule has 0 saturated heterocycles. The zero-order valence-electron chi connectivity index (χ0n) is 21.5. The highest BCUT2D eigenvalue weighted by molar-refractivity contribution is 8.01. The van der Waals surface area contributed by atoms with Gasteiger partial charge in [0.05, 0.1) is 18.3 Å². The first-order chi connectivity index (χ1) is 17.8. The molecule has 2 aromatic carbocycles. The molecule has 2 heterocycles. The van der Waals surface area contributed by atoms with Crippen LogP contribution in [0.25, 0.3) is 22.0 Å². The van der Waals surface area contributed by atoms with Crippen molar-refractivity contribution in [3.05, 3.63) is 93.8 Å². The summed E-state index contributed by atoms with van der Waals surface area (Å²) in [7, 11) is 1.89. The van der Waals surface area contributed by atoms with E-state index in [1.165, 1.54) is 11.9 Å². The van der Waals surface area contributed by atoms with E-state index in [4.69, 9.17) is 16.3 Å². The molecule has 0 fully saturated rings. The van der Waals surface area contributed by atoms with Crippen molar-refractivity contribution < 1.29 is 9.53 Å². The number of nitrogens with one attached hydrogen (secondary N) is 2. The van der Waals surface area contributed by atoms with Gasteiger partial charge in [-0.15, -0.1) is 0 Å². The van der Waals surface area contributed by atoms with E-state index < -0.39 is 0 Å². The zero-order chi connectivity index (χ0) is 26.5. The number of halogens is 1. The second-order valence-electron chi connectivity index (χ2n) is 8.86. The van der Waals surface area contributed by atoms with Crippen molar-refractivity contribution >= 4 is 40.4 Å². The molecule has 192 valence electrons. The number of nitrogens with zero attached hydrogens (tertiary/aromatic N) is 2. The second kappa shape index (κ2) is 11.8. The topological polar surface area (TPSA) is 71.9 Å². The maximum Gasteiger partial charge on any atom is 0.278 e. The van der Waals surface area contributed by atoms with Crippen LogP contribution >= 0.6 is 23.5 Å². The molecule has 0 aliphatic rings. The molecule has 8 heteroatoms. The van der Waals surface area contributed by atoms with Gasteiger partial charge < -0.3 is 9.72 Å². The summed E-state index contributed by atoms with van der Waals surface area (Å²) in [6.45, 7) is 10.2. The van der Waals surface area contributed by atoms with E-state index in [-0.39, 0.29) is 5.91 Å². The summed E-state index contributed by atoms with van der Waals surface area (Å²) in [6, 6.07) is 10.0. The minimum Gasteiger partial charge on any atom is -0.494 e. The molecule has 0 spiro atoms. The Morgan fingerprint density at radius 2 is 2.05 bits per heavy atom. The molecule has 2 N–H and O–H groups in total. The van der Waals surface area contributed by atoms with E-state index in [1.54, 1.807) is 10.8 Å². The summed E-state index contributed by atoms with van der Waals surface area (Å²) in [6.07, 6.45) is 8.84. The number of carbonyl (C=O) groups excluding carboxylic acids is 1. The molecular weight excluding hydrogens is 504 g/mol. The SMILES string of the molecule is C=C/C(=C\C)SNC(=O)c1[nH]c2c(-c3cnn(C)c3)cccc2c1CCCOc1cc(C)c(Cl)c(C)c1. The van der Waals surface area contributed by atoms with Crippen LogP contribution in [0.2, 0.25) is 5.02 Å². The zero-order valence-corrected chi connectivity index (χ0v) is 23.1. The highest BCUT2D eigenvalue weighted by Crippen LogP contribution is 2.33. The first kappa shape index (κ1) is 26.6. The van der Waals surface area contributed by atoms with E-state index in [0.717, 1.165) is 60.8 Å². The highest BCUT2D eigenvalue weighted by Gasteiger charge is 2.20. The number of carbonyl (C=O) groups is 1. The van der Waals surface area contributed by atoms with Crippen LogP contribution in [0.1, 0.15) is 40.5 Å². The van der Waals surface area contributed by atoms with Crippen LogP contribution in [0.3, 0.4) is 0 Å². The normalized spacial score (nSPS) is 11.6. The van der Waals surface area contributed by atoms with E-state index in [2.05, 4.69) is 27.5 Å². The number of benzene rings is 2. The predicted octanol–water partition coefficient (Wildman–Crippen LogP) is 7.32. The van der Waals surface area contributed by atoms with Crippen LogP contribution in [0, 0.1) is 13.8 Å². The van der Waals surface area contributed by atoms with Gasteiger partial charge in [-0.2, -0.15) is 5.10 Å². The minimum atomic E-state index is -0.181. The lowest BCUT2D eigenvalue weighted by molar-refractivity contribution is 0.0979. The van der Waals surface area contributed by atoms with Crippen molar-refractivity contribution in [2.24, 2.45) is 7.05 Å². The largest absolute Gasteiger partial charge is 0.494 e. The van der Waals surface area contributed by atoms with E-state index in [9.17, 15) is 4.79 Å². The number of allylic oxidation sites excluding steroid dienone is 2. The lowest BCUT2D eigenvalue weighted by Crippen LogP contribution is -2.18. The number of hydrogen-bond acceptors (Lipinski definition) is 4. The molecule has 1 amide bonds. The maximum absolute atomic E-state index is 13.3. The lowest BCUT2D eigenvalue weighted by Gasteiger charge is -2.10. The molecule has 0 atom stereocenters. The van der Waals surface area contributed by atoms with Crippen LogP contribution in [0.5, 0.6) is 5.75 Å². The number of H-pyrrole nitrogens is 1. The van der Waals surface area contributed by atoms with Gasteiger partial charge in [-0.25, -0.2) is 0 Å². The average Bonchev–Trinajstić information content (AvgIpc) is 3.49. The number of aromatic nitrogens is 3. The fourth-order valence-electron chi connectivity index (χ4n) is 4.33. The van der Waals surface area contributed by atoms with Crippen LogP contribution < -0.4 is 9.46 Å². The Hall–Kier alpha value is -3.42. The van der Waals surface area contributed by atoms with Crippen molar-refractivity contribution in [1.82, 2.24) is 19.5 Å².